The van der Waals surface area contributed by atoms with E-state index in [-0.39, 0.29) is 0 Å². The summed E-state index contributed by atoms with van der Waals surface area (Å²) >= 11 is 0. The Hall–Kier alpha value is -0.0800. The van der Waals surface area contributed by atoms with Gasteiger partial charge in [-0.05, 0) is 32.1 Å². The summed E-state index contributed by atoms with van der Waals surface area (Å²) < 4.78 is 0. The van der Waals surface area contributed by atoms with Gasteiger partial charge in [0.2, 0.25) is 0 Å². The van der Waals surface area contributed by atoms with Crippen LogP contribution in [0.3, 0.4) is 0 Å². The molecular weight excluding hydrogens is 138 g/mol. The van der Waals surface area contributed by atoms with Crippen molar-refractivity contribution in [2.75, 3.05) is 6.54 Å². The fourth-order valence-electron chi connectivity index (χ4n) is 1.30. The highest BCUT2D eigenvalue weighted by atomic mass is 16.7. The molecule has 1 aliphatic rings. The lowest BCUT2D eigenvalue weighted by molar-refractivity contribution is -0.0620. The van der Waals surface area contributed by atoms with Crippen LogP contribution in [0.25, 0.3) is 0 Å². The minimum absolute atomic E-state index is 0.412. The van der Waals surface area contributed by atoms with Crippen LogP contribution in [0.15, 0.2) is 0 Å². The quantitative estimate of drug-likeness (QED) is 0.487. The Kier molecular flexibility index (Phi) is 3.87. The zero-order chi connectivity index (χ0) is 8.10. The normalized spacial score (nSPS) is 21.3. The SMILES string of the molecule is CCCNOC(C)C1CCC1. The summed E-state index contributed by atoms with van der Waals surface area (Å²) in [5.74, 6) is 0.819. The van der Waals surface area contributed by atoms with E-state index in [2.05, 4.69) is 19.3 Å². The Balaban J connectivity index is 1.96. The standard InChI is InChI=1S/C9H19NO/c1-3-7-10-11-8(2)9-5-4-6-9/h8-10H,3-7H2,1-2H3. The van der Waals surface area contributed by atoms with Gasteiger partial charge in [0.25, 0.3) is 0 Å². The average molecular weight is 157 g/mol. The smallest absolute Gasteiger partial charge is 0.0790 e. The van der Waals surface area contributed by atoms with Gasteiger partial charge in [-0.3, -0.25) is 4.84 Å². The second kappa shape index (κ2) is 4.73. The molecule has 0 heterocycles. The van der Waals surface area contributed by atoms with Crippen LogP contribution >= 0.6 is 0 Å². The molecule has 1 N–H and O–H groups in total. The first kappa shape index (κ1) is 9.01. The fourth-order valence-corrected chi connectivity index (χ4v) is 1.30. The van der Waals surface area contributed by atoms with Crippen molar-refractivity contribution in [1.82, 2.24) is 5.48 Å². The monoisotopic (exact) mass is 157 g/mol. The van der Waals surface area contributed by atoms with Crippen molar-refractivity contribution in [1.29, 1.82) is 0 Å². The van der Waals surface area contributed by atoms with Gasteiger partial charge in [0.05, 0.1) is 6.10 Å². The highest BCUT2D eigenvalue weighted by Crippen LogP contribution is 2.30. The maximum absolute atomic E-state index is 5.44. The van der Waals surface area contributed by atoms with Crippen molar-refractivity contribution in [2.45, 2.75) is 45.6 Å². The Morgan fingerprint density at radius 3 is 2.73 bits per heavy atom. The summed E-state index contributed by atoms with van der Waals surface area (Å²) in [6, 6.07) is 0. The Morgan fingerprint density at radius 1 is 1.55 bits per heavy atom. The van der Waals surface area contributed by atoms with Crippen molar-refractivity contribution >= 4 is 0 Å². The van der Waals surface area contributed by atoms with E-state index >= 15 is 0 Å². The van der Waals surface area contributed by atoms with Crippen LogP contribution in [0.1, 0.15) is 39.5 Å². The summed E-state index contributed by atoms with van der Waals surface area (Å²) in [5.41, 5.74) is 2.98. The molecule has 1 unspecified atom stereocenters. The van der Waals surface area contributed by atoms with E-state index in [1.165, 1.54) is 19.3 Å². The van der Waals surface area contributed by atoms with Crippen molar-refractivity contribution in [3.05, 3.63) is 0 Å². The Morgan fingerprint density at radius 2 is 2.27 bits per heavy atom. The van der Waals surface area contributed by atoms with Gasteiger partial charge in [-0.1, -0.05) is 13.3 Å². The topological polar surface area (TPSA) is 21.3 Å². The van der Waals surface area contributed by atoms with Gasteiger partial charge < -0.3 is 0 Å². The maximum atomic E-state index is 5.44. The van der Waals surface area contributed by atoms with E-state index in [1.807, 2.05) is 0 Å². The number of nitrogens with one attached hydrogen (secondary N) is 1. The second-order valence-corrected chi connectivity index (χ2v) is 3.41. The maximum Gasteiger partial charge on any atom is 0.0790 e. The molecule has 0 bridgehead atoms. The van der Waals surface area contributed by atoms with Gasteiger partial charge in [0, 0.05) is 6.54 Å². The highest BCUT2D eigenvalue weighted by molar-refractivity contribution is 4.74. The van der Waals surface area contributed by atoms with Crippen LogP contribution in [0.2, 0.25) is 0 Å². The van der Waals surface area contributed by atoms with Gasteiger partial charge in [0.1, 0.15) is 0 Å². The summed E-state index contributed by atoms with van der Waals surface area (Å²) in [6.45, 7) is 5.27. The molecule has 1 saturated carbocycles. The molecule has 0 amide bonds. The molecule has 2 heteroatoms. The van der Waals surface area contributed by atoms with E-state index in [0.717, 1.165) is 18.9 Å². The van der Waals surface area contributed by atoms with Crippen molar-refractivity contribution in [3.8, 4) is 0 Å². The molecule has 11 heavy (non-hydrogen) atoms. The second-order valence-electron chi connectivity index (χ2n) is 3.41. The number of hydroxylamine groups is 1. The Labute approximate surface area is 69.3 Å². The average Bonchev–Trinajstić information content (AvgIpc) is 1.84. The molecule has 0 radical (unpaired) electrons. The molecule has 0 spiro atoms. The Bertz CT molecular complexity index is 102. The first-order chi connectivity index (χ1) is 5.34. The van der Waals surface area contributed by atoms with Crippen LogP contribution in [0.5, 0.6) is 0 Å². The molecular formula is C9H19NO. The van der Waals surface area contributed by atoms with Crippen molar-refractivity contribution < 1.29 is 4.84 Å². The third-order valence-corrected chi connectivity index (χ3v) is 2.43. The highest BCUT2D eigenvalue weighted by Gasteiger charge is 2.24. The molecule has 0 aromatic carbocycles. The minimum Gasteiger partial charge on any atom is -0.299 e. The summed E-state index contributed by atoms with van der Waals surface area (Å²) in [6.07, 6.45) is 5.66. The summed E-state index contributed by atoms with van der Waals surface area (Å²) in [7, 11) is 0. The lowest BCUT2D eigenvalue weighted by Gasteiger charge is -2.30. The van der Waals surface area contributed by atoms with Crippen LogP contribution in [0, 0.1) is 5.92 Å². The van der Waals surface area contributed by atoms with Gasteiger partial charge >= 0.3 is 0 Å². The zero-order valence-corrected chi connectivity index (χ0v) is 7.60. The number of rotatable bonds is 5. The molecule has 0 aromatic rings. The van der Waals surface area contributed by atoms with E-state index in [1.54, 1.807) is 0 Å². The van der Waals surface area contributed by atoms with Crippen LogP contribution in [-0.4, -0.2) is 12.6 Å². The van der Waals surface area contributed by atoms with Crippen LogP contribution in [0.4, 0.5) is 0 Å². The molecule has 66 valence electrons. The molecule has 2 nitrogen and oxygen atoms in total. The molecule has 1 aliphatic carbocycles. The summed E-state index contributed by atoms with van der Waals surface area (Å²) in [5, 5.41) is 0. The van der Waals surface area contributed by atoms with E-state index in [9.17, 15) is 0 Å². The van der Waals surface area contributed by atoms with Crippen LogP contribution < -0.4 is 5.48 Å². The molecule has 1 fully saturated rings. The predicted octanol–water partition coefficient (Wildman–Crippen LogP) is 2.11. The molecule has 0 saturated heterocycles. The zero-order valence-electron chi connectivity index (χ0n) is 7.60. The lowest BCUT2D eigenvalue weighted by atomic mass is 9.82. The van der Waals surface area contributed by atoms with Gasteiger partial charge in [-0.2, -0.15) is 0 Å². The predicted molar refractivity (Wildman–Crippen MR) is 46.2 cm³/mol. The van der Waals surface area contributed by atoms with E-state index in [4.69, 9.17) is 4.84 Å². The number of hydrogen-bond acceptors (Lipinski definition) is 2. The van der Waals surface area contributed by atoms with Gasteiger partial charge in [-0.15, -0.1) is 0 Å². The molecule has 1 rings (SSSR count). The van der Waals surface area contributed by atoms with Crippen molar-refractivity contribution in [2.24, 2.45) is 5.92 Å². The molecule has 1 atom stereocenters. The fraction of sp³-hybridized carbons (Fsp3) is 1.00. The van der Waals surface area contributed by atoms with Crippen molar-refractivity contribution in [3.63, 3.8) is 0 Å². The third-order valence-electron chi connectivity index (χ3n) is 2.43. The third kappa shape index (κ3) is 2.80. The number of hydrogen-bond donors (Lipinski definition) is 1. The van der Waals surface area contributed by atoms with Crippen LogP contribution in [-0.2, 0) is 4.84 Å². The molecule has 0 aliphatic heterocycles. The van der Waals surface area contributed by atoms with Gasteiger partial charge in [0.15, 0.2) is 0 Å². The molecule has 0 aromatic heterocycles. The van der Waals surface area contributed by atoms with E-state index in [0.29, 0.717) is 6.10 Å². The lowest BCUT2D eigenvalue weighted by Crippen LogP contribution is -2.32. The first-order valence-corrected chi connectivity index (χ1v) is 4.73. The van der Waals surface area contributed by atoms with E-state index < -0.39 is 0 Å². The minimum atomic E-state index is 0.412. The largest absolute Gasteiger partial charge is 0.299 e. The van der Waals surface area contributed by atoms with Gasteiger partial charge in [-0.25, -0.2) is 5.48 Å². The summed E-state index contributed by atoms with van der Waals surface area (Å²) in [4.78, 5) is 5.44. The first-order valence-electron chi connectivity index (χ1n) is 4.73.